The Morgan fingerprint density at radius 3 is 2.95 bits per heavy atom. The van der Waals surface area contributed by atoms with Crippen LogP contribution in [0.25, 0.3) is 0 Å². The molecule has 1 fully saturated rings. The van der Waals surface area contributed by atoms with Gasteiger partial charge in [0.15, 0.2) is 0 Å². The molecule has 21 heavy (non-hydrogen) atoms. The number of rotatable bonds is 6. The van der Waals surface area contributed by atoms with Gasteiger partial charge in [-0.25, -0.2) is 5.06 Å². The van der Waals surface area contributed by atoms with E-state index in [2.05, 4.69) is 0 Å². The van der Waals surface area contributed by atoms with Crippen molar-refractivity contribution in [2.24, 2.45) is 5.73 Å². The van der Waals surface area contributed by atoms with Gasteiger partial charge in [0, 0.05) is 6.42 Å². The Labute approximate surface area is 122 Å². The van der Waals surface area contributed by atoms with E-state index in [0.29, 0.717) is 18.8 Å². The zero-order valence-electron chi connectivity index (χ0n) is 11.6. The third-order valence-corrected chi connectivity index (χ3v) is 3.04. The SMILES string of the molecule is NC(=O)c1cc(CN2OCCCC2=O)ccc1OCCO. The number of benzene rings is 1. The van der Waals surface area contributed by atoms with Crippen molar-refractivity contribution in [2.45, 2.75) is 19.4 Å². The van der Waals surface area contributed by atoms with E-state index in [9.17, 15) is 9.59 Å². The second-order valence-corrected chi connectivity index (χ2v) is 4.63. The lowest BCUT2D eigenvalue weighted by atomic mass is 10.1. The van der Waals surface area contributed by atoms with E-state index in [1.54, 1.807) is 18.2 Å². The van der Waals surface area contributed by atoms with Crippen molar-refractivity contribution in [2.75, 3.05) is 19.8 Å². The predicted molar refractivity (Wildman–Crippen MR) is 73.3 cm³/mol. The zero-order valence-corrected chi connectivity index (χ0v) is 11.6. The monoisotopic (exact) mass is 294 g/mol. The van der Waals surface area contributed by atoms with Crippen molar-refractivity contribution < 1.29 is 24.3 Å². The third kappa shape index (κ3) is 3.93. The van der Waals surface area contributed by atoms with Crippen LogP contribution in [0, 0.1) is 0 Å². The highest BCUT2D eigenvalue weighted by molar-refractivity contribution is 5.95. The Morgan fingerprint density at radius 1 is 1.48 bits per heavy atom. The first-order valence-electron chi connectivity index (χ1n) is 6.71. The van der Waals surface area contributed by atoms with E-state index in [0.717, 1.165) is 12.0 Å². The van der Waals surface area contributed by atoms with E-state index in [1.807, 2.05) is 0 Å². The topological polar surface area (TPSA) is 102 Å². The summed E-state index contributed by atoms with van der Waals surface area (Å²) in [5, 5.41) is 10.0. The van der Waals surface area contributed by atoms with Gasteiger partial charge in [-0.2, -0.15) is 0 Å². The van der Waals surface area contributed by atoms with Gasteiger partial charge < -0.3 is 15.6 Å². The van der Waals surface area contributed by atoms with E-state index < -0.39 is 5.91 Å². The van der Waals surface area contributed by atoms with Crippen LogP contribution in [0.1, 0.15) is 28.8 Å². The maximum Gasteiger partial charge on any atom is 0.252 e. The fraction of sp³-hybridized carbons (Fsp3) is 0.429. The fourth-order valence-electron chi connectivity index (χ4n) is 2.04. The number of hydroxylamine groups is 2. The number of nitrogens with two attached hydrogens (primary N) is 1. The summed E-state index contributed by atoms with van der Waals surface area (Å²) in [6.45, 7) is 0.676. The van der Waals surface area contributed by atoms with Crippen LogP contribution in [-0.2, 0) is 16.2 Å². The number of hydrogen-bond acceptors (Lipinski definition) is 5. The summed E-state index contributed by atoms with van der Waals surface area (Å²) in [6.07, 6.45) is 1.18. The van der Waals surface area contributed by atoms with Crippen molar-refractivity contribution in [3.8, 4) is 5.75 Å². The van der Waals surface area contributed by atoms with Crippen LogP contribution in [0.4, 0.5) is 0 Å². The molecule has 0 unspecified atom stereocenters. The summed E-state index contributed by atoms with van der Waals surface area (Å²) in [6, 6.07) is 4.89. The lowest BCUT2D eigenvalue weighted by molar-refractivity contribution is -0.201. The van der Waals surface area contributed by atoms with Gasteiger partial charge in [-0.3, -0.25) is 14.4 Å². The first-order chi connectivity index (χ1) is 10.1. The molecule has 0 atom stereocenters. The molecule has 1 aliphatic rings. The quantitative estimate of drug-likeness (QED) is 0.781. The van der Waals surface area contributed by atoms with Crippen LogP contribution >= 0.6 is 0 Å². The van der Waals surface area contributed by atoms with Gasteiger partial charge >= 0.3 is 0 Å². The second kappa shape index (κ2) is 7.05. The van der Waals surface area contributed by atoms with Crippen LogP contribution in [0.2, 0.25) is 0 Å². The maximum atomic E-state index is 11.7. The number of carbonyl (C=O) groups excluding carboxylic acids is 2. The maximum absolute atomic E-state index is 11.7. The average molecular weight is 294 g/mol. The van der Waals surface area contributed by atoms with Crippen LogP contribution < -0.4 is 10.5 Å². The molecule has 0 aromatic heterocycles. The number of hydrogen-bond donors (Lipinski definition) is 2. The van der Waals surface area contributed by atoms with Gasteiger partial charge in [0.25, 0.3) is 5.91 Å². The molecule has 1 aromatic rings. The standard InChI is InChI=1S/C14H18N2O5/c15-14(19)11-8-10(3-4-12(11)20-7-5-17)9-16-13(18)2-1-6-21-16/h3-4,8,17H,1-2,5-7,9H2,(H2,15,19). The molecule has 114 valence electrons. The Kier molecular flexibility index (Phi) is 5.13. The smallest absolute Gasteiger partial charge is 0.252 e. The summed E-state index contributed by atoms with van der Waals surface area (Å²) in [7, 11) is 0. The number of aliphatic hydroxyl groups is 1. The number of ether oxygens (including phenoxy) is 1. The predicted octanol–water partition coefficient (Wildman–Crippen LogP) is 0.211. The Balaban J connectivity index is 2.15. The molecule has 7 heteroatoms. The third-order valence-electron chi connectivity index (χ3n) is 3.04. The molecule has 0 spiro atoms. The number of nitrogens with zero attached hydrogens (tertiary/aromatic N) is 1. The molecule has 0 aliphatic carbocycles. The minimum atomic E-state index is -0.629. The highest BCUT2D eigenvalue weighted by Crippen LogP contribution is 2.22. The van der Waals surface area contributed by atoms with Gasteiger partial charge in [-0.05, 0) is 24.1 Å². The van der Waals surface area contributed by atoms with Gasteiger partial charge in [-0.1, -0.05) is 6.07 Å². The second-order valence-electron chi connectivity index (χ2n) is 4.63. The first-order valence-corrected chi connectivity index (χ1v) is 6.71. The molecule has 2 amide bonds. The van der Waals surface area contributed by atoms with Crippen molar-refractivity contribution >= 4 is 11.8 Å². The molecule has 1 aliphatic heterocycles. The molecule has 1 heterocycles. The summed E-state index contributed by atoms with van der Waals surface area (Å²) in [4.78, 5) is 28.4. The van der Waals surface area contributed by atoms with E-state index in [-0.39, 0.29) is 31.2 Å². The van der Waals surface area contributed by atoms with E-state index in [1.165, 1.54) is 5.06 Å². The summed E-state index contributed by atoms with van der Waals surface area (Å²) in [5.74, 6) is -0.399. The minimum Gasteiger partial charge on any atom is -0.490 e. The van der Waals surface area contributed by atoms with Crippen molar-refractivity contribution in [3.05, 3.63) is 29.3 Å². The first kappa shape index (κ1) is 15.3. The number of primary amides is 1. The molecule has 0 saturated carbocycles. The highest BCUT2D eigenvalue weighted by atomic mass is 16.7. The molecule has 3 N–H and O–H groups in total. The van der Waals surface area contributed by atoms with Gasteiger partial charge in [-0.15, -0.1) is 0 Å². The van der Waals surface area contributed by atoms with E-state index in [4.69, 9.17) is 20.4 Å². The number of aliphatic hydroxyl groups excluding tert-OH is 1. The molecular formula is C14H18N2O5. The Morgan fingerprint density at radius 2 is 2.29 bits per heavy atom. The largest absolute Gasteiger partial charge is 0.490 e. The van der Waals surface area contributed by atoms with Crippen LogP contribution in [-0.4, -0.2) is 41.8 Å². The van der Waals surface area contributed by atoms with Crippen LogP contribution in [0.3, 0.4) is 0 Å². The number of amides is 2. The molecule has 1 aromatic carbocycles. The molecule has 0 radical (unpaired) electrons. The zero-order chi connectivity index (χ0) is 15.2. The summed E-state index contributed by atoms with van der Waals surface area (Å²) < 4.78 is 5.25. The normalized spacial score (nSPS) is 15.1. The summed E-state index contributed by atoms with van der Waals surface area (Å²) in [5.41, 5.74) is 6.25. The average Bonchev–Trinajstić information content (AvgIpc) is 2.48. The lowest BCUT2D eigenvalue weighted by Gasteiger charge is -2.26. The molecule has 7 nitrogen and oxygen atoms in total. The van der Waals surface area contributed by atoms with Gasteiger partial charge in [0.2, 0.25) is 5.91 Å². The van der Waals surface area contributed by atoms with Crippen molar-refractivity contribution in [3.63, 3.8) is 0 Å². The van der Waals surface area contributed by atoms with Crippen molar-refractivity contribution in [1.29, 1.82) is 0 Å². The van der Waals surface area contributed by atoms with Crippen LogP contribution in [0.5, 0.6) is 5.75 Å². The van der Waals surface area contributed by atoms with E-state index >= 15 is 0 Å². The van der Waals surface area contributed by atoms with Crippen LogP contribution in [0.15, 0.2) is 18.2 Å². The number of carbonyl (C=O) groups is 2. The van der Waals surface area contributed by atoms with Gasteiger partial charge in [0.05, 0.1) is 25.3 Å². The van der Waals surface area contributed by atoms with Gasteiger partial charge in [0.1, 0.15) is 12.4 Å². The Bertz CT molecular complexity index is 532. The molecule has 0 bridgehead atoms. The molecule has 1 saturated heterocycles. The van der Waals surface area contributed by atoms with Crippen molar-refractivity contribution in [1.82, 2.24) is 5.06 Å². The lowest BCUT2D eigenvalue weighted by Crippen LogP contribution is -2.35. The molecule has 2 rings (SSSR count). The highest BCUT2D eigenvalue weighted by Gasteiger charge is 2.20. The minimum absolute atomic E-state index is 0.0767. The molecular weight excluding hydrogens is 276 g/mol. The Hall–Kier alpha value is -2.12. The summed E-state index contributed by atoms with van der Waals surface area (Å²) >= 11 is 0. The fourth-order valence-corrected chi connectivity index (χ4v) is 2.04.